The molecule has 1 amide bonds. The van der Waals surface area contributed by atoms with Gasteiger partial charge in [0.2, 0.25) is 15.9 Å². The lowest BCUT2D eigenvalue weighted by Crippen LogP contribution is -2.44. The van der Waals surface area contributed by atoms with Crippen molar-refractivity contribution in [1.82, 2.24) is 4.31 Å². The van der Waals surface area contributed by atoms with Gasteiger partial charge in [-0.2, -0.15) is 0 Å². The molecule has 8 nitrogen and oxygen atoms in total. The van der Waals surface area contributed by atoms with E-state index >= 15 is 0 Å². The summed E-state index contributed by atoms with van der Waals surface area (Å²) in [5.74, 6) is -1.07. The number of nitrogens with one attached hydrogen (secondary N) is 1. The summed E-state index contributed by atoms with van der Waals surface area (Å²) in [4.78, 5) is 22.9. The monoisotopic (exact) mass is 437 g/mol. The first-order valence-corrected chi connectivity index (χ1v) is 11.0. The van der Waals surface area contributed by atoms with Gasteiger partial charge in [0.25, 0.3) is 5.69 Å². The van der Waals surface area contributed by atoms with Crippen LogP contribution >= 0.6 is 11.6 Å². The Morgan fingerprint density at radius 2 is 2.00 bits per heavy atom. The number of piperidine rings is 1. The molecule has 1 N–H and O–H groups in total. The molecule has 1 aliphatic heterocycles. The Balaban J connectivity index is 1.67. The summed E-state index contributed by atoms with van der Waals surface area (Å²) >= 11 is 5.93. The molecule has 154 valence electrons. The van der Waals surface area contributed by atoms with Gasteiger partial charge < -0.3 is 5.32 Å². The van der Waals surface area contributed by atoms with Crippen LogP contribution in [0.1, 0.15) is 18.4 Å². The van der Waals surface area contributed by atoms with Gasteiger partial charge in [-0.15, -0.1) is 0 Å². The normalized spacial score (nSPS) is 17.6. The Morgan fingerprint density at radius 3 is 2.72 bits per heavy atom. The second kappa shape index (κ2) is 8.89. The molecule has 3 rings (SSSR count). The lowest BCUT2D eigenvalue weighted by Gasteiger charge is -2.31. The SMILES string of the molecule is O=C(Nc1cccc([N+](=O)[O-])c1)[C@H]1CCCN(S(=O)(=O)Cc2cccc(Cl)c2)C1. The van der Waals surface area contributed by atoms with E-state index in [1.807, 2.05) is 0 Å². The number of halogens is 1. The number of hydrogen-bond donors (Lipinski definition) is 1. The fourth-order valence-corrected chi connectivity index (χ4v) is 5.09. The van der Waals surface area contributed by atoms with Crippen molar-refractivity contribution in [3.8, 4) is 0 Å². The molecule has 10 heteroatoms. The van der Waals surface area contributed by atoms with Crippen LogP contribution in [0, 0.1) is 16.0 Å². The summed E-state index contributed by atoms with van der Waals surface area (Å²) in [6, 6.07) is 12.3. The molecular formula is C19H20ClN3O5S. The number of benzene rings is 2. The third kappa shape index (κ3) is 5.53. The second-order valence-electron chi connectivity index (χ2n) is 6.88. The van der Waals surface area contributed by atoms with Crippen molar-refractivity contribution in [3.05, 3.63) is 69.2 Å². The van der Waals surface area contributed by atoms with Crippen LogP contribution in [0.4, 0.5) is 11.4 Å². The molecule has 2 aromatic rings. The van der Waals surface area contributed by atoms with E-state index in [-0.39, 0.29) is 23.9 Å². The molecule has 1 saturated heterocycles. The number of carbonyl (C=O) groups excluding carboxylic acids is 1. The van der Waals surface area contributed by atoms with Crippen LogP contribution in [0.15, 0.2) is 48.5 Å². The van der Waals surface area contributed by atoms with E-state index in [0.717, 1.165) is 0 Å². The first-order chi connectivity index (χ1) is 13.7. The smallest absolute Gasteiger partial charge is 0.271 e. The van der Waals surface area contributed by atoms with E-state index in [2.05, 4.69) is 5.32 Å². The number of hydrogen-bond acceptors (Lipinski definition) is 5. The zero-order valence-corrected chi connectivity index (χ0v) is 17.0. The Morgan fingerprint density at radius 1 is 1.24 bits per heavy atom. The molecule has 29 heavy (non-hydrogen) atoms. The van der Waals surface area contributed by atoms with Gasteiger partial charge in [0.05, 0.1) is 16.6 Å². The lowest BCUT2D eigenvalue weighted by molar-refractivity contribution is -0.384. The largest absolute Gasteiger partial charge is 0.326 e. The fraction of sp³-hybridized carbons (Fsp3) is 0.316. The van der Waals surface area contributed by atoms with Crippen LogP contribution in [0.3, 0.4) is 0 Å². The van der Waals surface area contributed by atoms with Gasteiger partial charge in [0.1, 0.15) is 0 Å². The van der Waals surface area contributed by atoms with E-state index in [1.54, 1.807) is 30.3 Å². The number of nitrogens with zero attached hydrogens (tertiary/aromatic N) is 2. The van der Waals surface area contributed by atoms with Gasteiger partial charge in [-0.05, 0) is 36.6 Å². The standard InChI is InChI=1S/C19H20ClN3O5S/c20-16-6-1-4-14(10-16)13-29(27,28)22-9-3-5-15(12-22)19(24)21-17-7-2-8-18(11-17)23(25)26/h1-2,4,6-8,10-11,15H,3,5,9,12-13H2,(H,21,24)/t15-/m0/s1. The summed E-state index contributed by atoms with van der Waals surface area (Å²) in [5, 5.41) is 14.0. The number of non-ortho nitro benzene ring substituents is 1. The van der Waals surface area contributed by atoms with Crippen molar-refractivity contribution in [2.75, 3.05) is 18.4 Å². The Labute approximate surface area is 173 Å². The maximum Gasteiger partial charge on any atom is 0.271 e. The van der Waals surface area contributed by atoms with E-state index in [9.17, 15) is 23.3 Å². The molecule has 1 atom stereocenters. The van der Waals surface area contributed by atoms with Crippen LogP contribution in [-0.4, -0.2) is 36.6 Å². The summed E-state index contributed by atoms with van der Waals surface area (Å²) in [7, 11) is -3.61. The van der Waals surface area contributed by atoms with E-state index in [1.165, 1.54) is 22.5 Å². The van der Waals surface area contributed by atoms with Gasteiger partial charge in [-0.25, -0.2) is 12.7 Å². The quantitative estimate of drug-likeness (QED) is 0.550. The molecule has 0 saturated carbocycles. The lowest BCUT2D eigenvalue weighted by atomic mass is 9.98. The minimum absolute atomic E-state index is 0.0731. The third-order valence-corrected chi connectivity index (χ3v) is 6.76. The molecule has 0 radical (unpaired) electrons. The van der Waals surface area contributed by atoms with Crippen molar-refractivity contribution in [1.29, 1.82) is 0 Å². The number of amides is 1. The van der Waals surface area contributed by atoms with Crippen LogP contribution in [-0.2, 0) is 20.6 Å². The fourth-order valence-electron chi connectivity index (χ4n) is 3.28. The van der Waals surface area contributed by atoms with Gasteiger partial charge in [-0.1, -0.05) is 29.8 Å². The number of anilines is 1. The summed E-state index contributed by atoms with van der Waals surface area (Å²) in [5.41, 5.74) is 0.765. The topological polar surface area (TPSA) is 110 Å². The highest BCUT2D eigenvalue weighted by Crippen LogP contribution is 2.24. The van der Waals surface area contributed by atoms with Crippen molar-refractivity contribution in [3.63, 3.8) is 0 Å². The van der Waals surface area contributed by atoms with E-state index < -0.39 is 20.9 Å². The molecule has 0 aromatic heterocycles. The molecule has 0 unspecified atom stereocenters. The molecule has 1 heterocycles. The van der Waals surface area contributed by atoms with E-state index in [4.69, 9.17) is 11.6 Å². The van der Waals surface area contributed by atoms with Gasteiger partial charge in [0.15, 0.2) is 0 Å². The highest BCUT2D eigenvalue weighted by atomic mass is 35.5. The average Bonchev–Trinajstić information content (AvgIpc) is 2.68. The van der Waals surface area contributed by atoms with Crippen molar-refractivity contribution in [2.45, 2.75) is 18.6 Å². The number of sulfonamides is 1. The number of nitro benzene ring substituents is 1. The molecule has 1 fully saturated rings. The van der Waals surface area contributed by atoms with Crippen LogP contribution in [0.5, 0.6) is 0 Å². The summed E-state index contributed by atoms with van der Waals surface area (Å²) in [6.07, 6.45) is 1.10. The summed E-state index contributed by atoms with van der Waals surface area (Å²) in [6.45, 7) is 0.424. The van der Waals surface area contributed by atoms with Gasteiger partial charge in [-0.3, -0.25) is 14.9 Å². The van der Waals surface area contributed by atoms with Crippen molar-refractivity contribution >= 4 is 38.9 Å². The predicted octanol–water partition coefficient (Wildman–Crippen LogP) is 3.43. The van der Waals surface area contributed by atoms with Crippen LogP contribution in [0.2, 0.25) is 5.02 Å². The molecule has 0 spiro atoms. The highest BCUT2D eigenvalue weighted by Gasteiger charge is 2.32. The Hall–Kier alpha value is -2.49. The molecular weight excluding hydrogens is 418 g/mol. The van der Waals surface area contributed by atoms with Crippen molar-refractivity contribution < 1.29 is 18.1 Å². The first kappa shape index (κ1) is 21.2. The van der Waals surface area contributed by atoms with Gasteiger partial charge >= 0.3 is 0 Å². The molecule has 1 aliphatic rings. The molecule has 0 aliphatic carbocycles. The molecule has 0 bridgehead atoms. The Kier molecular flexibility index (Phi) is 6.51. The second-order valence-corrected chi connectivity index (χ2v) is 9.29. The average molecular weight is 438 g/mol. The predicted molar refractivity (Wildman–Crippen MR) is 110 cm³/mol. The molecule has 2 aromatic carbocycles. The number of rotatable bonds is 6. The number of carbonyl (C=O) groups is 1. The van der Waals surface area contributed by atoms with E-state index in [0.29, 0.717) is 35.7 Å². The van der Waals surface area contributed by atoms with Crippen molar-refractivity contribution in [2.24, 2.45) is 5.92 Å². The maximum absolute atomic E-state index is 12.8. The number of nitro groups is 1. The summed E-state index contributed by atoms with van der Waals surface area (Å²) < 4.78 is 26.9. The highest BCUT2D eigenvalue weighted by molar-refractivity contribution is 7.88. The zero-order chi connectivity index (χ0) is 21.0. The first-order valence-electron chi connectivity index (χ1n) is 9.02. The maximum atomic E-state index is 12.8. The zero-order valence-electron chi connectivity index (χ0n) is 15.5. The van der Waals surface area contributed by atoms with Crippen LogP contribution in [0.25, 0.3) is 0 Å². The minimum atomic E-state index is -3.61. The minimum Gasteiger partial charge on any atom is -0.326 e. The van der Waals surface area contributed by atoms with Crippen LogP contribution < -0.4 is 5.32 Å². The third-order valence-electron chi connectivity index (χ3n) is 4.71. The van der Waals surface area contributed by atoms with Gasteiger partial charge in [0, 0.05) is 35.9 Å². The Bertz CT molecular complexity index is 1030.